The van der Waals surface area contributed by atoms with Crippen molar-refractivity contribution < 1.29 is 0 Å². The fourth-order valence-electron chi connectivity index (χ4n) is 0.118. The molecule has 0 fully saturated rings. The second-order valence-electron chi connectivity index (χ2n) is 1.10. The summed E-state index contributed by atoms with van der Waals surface area (Å²) in [5.74, 6) is 0. The van der Waals surface area contributed by atoms with Crippen molar-refractivity contribution in [3.05, 3.63) is 11.9 Å². The van der Waals surface area contributed by atoms with E-state index >= 15 is 0 Å². The highest BCUT2D eigenvalue weighted by Crippen LogP contribution is 1.82. The highest BCUT2D eigenvalue weighted by atomic mass is 14.6. The monoisotopic (exact) mass is 116 g/mol. The third-order valence-corrected chi connectivity index (χ3v) is 0.622. The van der Waals surface area contributed by atoms with Crippen LogP contribution in [0.1, 0.15) is 27.2 Å². The molecule has 8 heavy (non-hydrogen) atoms. The minimum atomic E-state index is 0.745. The Labute approximate surface area is 51.6 Å². The fraction of sp³-hybridized carbons (Fsp3) is 0.667. The minimum Gasteiger partial charge on any atom is -0.403 e. The maximum absolute atomic E-state index is 5.21. The van der Waals surface area contributed by atoms with Crippen LogP contribution < -0.4 is 11.5 Å². The van der Waals surface area contributed by atoms with Gasteiger partial charge in [-0.1, -0.05) is 20.8 Å². The van der Waals surface area contributed by atoms with Crippen molar-refractivity contribution in [2.45, 2.75) is 27.2 Å². The van der Waals surface area contributed by atoms with Crippen molar-refractivity contribution in [1.29, 1.82) is 0 Å². The van der Waals surface area contributed by atoms with E-state index in [-0.39, 0.29) is 0 Å². The molecule has 50 valence electrons. The standard InChI is InChI=1S/C4H10N2.C2H6/c1-2-4(6)3-5;1-2/h3H,2,5-6H2,1H3;1-2H3/b4-3-;. The number of allylic oxidation sites excluding steroid dienone is 1. The molecule has 4 N–H and O–H groups in total. The zero-order valence-electron chi connectivity index (χ0n) is 5.94. The van der Waals surface area contributed by atoms with Gasteiger partial charge >= 0.3 is 0 Å². The van der Waals surface area contributed by atoms with E-state index in [1.165, 1.54) is 6.20 Å². The Hall–Kier alpha value is -0.660. The number of hydrogen-bond donors (Lipinski definition) is 2. The molecule has 0 rings (SSSR count). The van der Waals surface area contributed by atoms with Gasteiger partial charge in [0.1, 0.15) is 0 Å². The molecular weight excluding hydrogens is 100 g/mol. The van der Waals surface area contributed by atoms with Crippen LogP contribution in [-0.2, 0) is 0 Å². The molecule has 0 aliphatic carbocycles. The molecule has 0 atom stereocenters. The largest absolute Gasteiger partial charge is 0.403 e. The summed E-state index contributed by atoms with van der Waals surface area (Å²) in [6.07, 6.45) is 2.26. The summed E-state index contributed by atoms with van der Waals surface area (Å²) in [5, 5.41) is 0. The minimum absolute atomic E-state index is 0.745. The molecular formula is C6H16N2. The van der Waals surface area contributed by atoms with Crippen molar-refractivity contribution in [1.82, 2.24) is 0 Å². The van der Waals surface area contributed by atoms with Crippen LogP contribution in [0.5, 0.6) is 0 Å². The quantitative estimate of drug-likeness (QED) is 0.540. The van der Waals surface area contributed by atoms with Gasteiger partial charge in [0.2, 0.25) is 0 Å². The zero-order valence-corrected chi connectivity index (χ0v) is 5.94. The van der Waals surface area contributed by atoms with E-state index in [4.69, 9.17) is 11.5 Å². The lowest BCUT2D eigenvalue weighted by Gasteiger charge is -1.86. The highest BCUT2D eigenvalue weighted by Gasteiger charge is 1.73. The average molecular weight is 116 g/mol. The highest BCUT2D eigenvalue weighted by molar-refractivity contribution is 4.90. The van der Waals surface area contributed by atoms with E-state index in [1.807, 2.05) is 20.8 Å². The summed E-state index contributed by atoms with van der Waals surface area (Å²) in [4.78, 5) is 0. The topological polar surface area (TPSA) is 52.0 Å². The van der Waals surface area contributed by atoms with E-state index in [2.05, 4.69) is 0 Å². The van der Waals surface area contributed by atoms with Crippen molar-refractivity contribution in [2.24, 2.45) is 11.5 Å². The summed E-state index contributed by atoms with van der Waals surface area (Å²) >= 11 is 0. The number of rotatable bonds is 1. The van der Waals surface area contributed by atoms with Crippen LogP contribution in [0.4, 0.5) is 0 Å². The first kappa shape index (κ1) is 10.3. The van der Waals surface area contributed by atoms with Gasteiger partial charge in [-0.25, -0.2) is 0 Å². The fourth-order valence-corrected chi connectivity index (χ4v) is 0.118. The second-order valence-corrected chi connectivity index (χ2v) is 1.10. The van der Waals surface area contributed by atoms with Crippen LogP contribution in [0.3, 0.4) is 0 Å². The molecule has 0 aromatic rings. The number of nitrogens with two attached hydrogens (primary N) is 2. The molecule has 2 heteroatoms. The molecule has 0 spiro atoms. The summed E-state index contributed by atoms with van der Waals surface area (Å²) in [7, 11) is 0. The maximum Gasteiger partial charge on any atom is 0.0235 e. The van der Waals surface area contributed by atoms with Gasteiger partial charge in [-0.3, -0.25) is 0 Å². The van der Waals surface area contributed by atoms with E-state index in [1.54, 1.807) is 0 Å². The van der Waals surface area contributed by atoms with Crippen molar-refractivity contribution in [2.75, 3.05) is 0 Å². The van der Waals surface area contributed by atoms with E-state index in [0.717, 1.165) is 12.1 Å². The Bertz CT molecular complexity index is 57.5. The van der Waals surface area contributed by atoms with Crippen LogP contribution in [0, 0.1) is 0 Å². The Kier molecular flexibility index (Phi) is 12.4. The van der Waals surface area contributed by atoms with Gasteiger partial charge in [0.15, 0.2) is 0 Å². The van der Waals surface area contributed by atoms with E-state index in [0.29, 0.717) is 0 Å². The van der Waals surface area contributed by atoms with Gasteiger partial charge in [-0.05, 0) is 6.42 Å². The smallest absolute Gasteiger partial charge is 0.0235 e. The molecule has 0 aliphatic rings. The molecule has 0 aromatic heterocycles. The SMILES string of the molecule is CC.CC/C(N)=C/N. The molecule has 2 nitrogen and oxygen atoms in total. The molecule has 0 bridgehead atoms. The summed E-state index contributed by atoms with van der Waals surface area (Å²) < 4.78 is 0. The zero-order chi connectivity index (χ0) is 6.99. The lowest BCUT2D eigenvalue weighted by atomic mass is 10.4. The average Bonchev–Trinajstić information content (AvgIpc) is 1.91. The third kappa shape index (κ3) is 9.02. The van der Waals surface area contributed by atoms with Crippen LogP contribution in [0.25, 0.3) is 0 Å². The molecule has 0 unspecified atom stereocenters. The lowest BCUT2D eigenvalue weighted by Crippen LogP contribution is -1.97. The Morgan fingerprint density at radius 3 is 1.88 bits per heavy atom. The van der Waals surface area contributed by atoms with Crippen molar-refractivity contribution in [3.8, 4) is 0 Å². The van der Waals surface area contributed by atoms with Crippen LogP contribution >= 0.6 is 0 Å². The normalized spacial score (nSPS) is 9.62. The van der Waals surface area contributed by atoms with Gasteiger partial charge in [0.05, 0.1) is 0 Å². The second kappa shape index (κ2) is 9.60. The van der Waals surface area contributed by atoms with Crippen LogP contribution in [-0.4, -0.2) is 0 Å². The lowest BCUT2D eigenvalue weighted by molar-refractivity contribution is 1.06. The van der Waals surface area contributed by atoms with Gasteiger partial charge < -0.3 is 11.5 Å². The van der Waals surface area contributed by atoms with Gasteiger partial charge in [-0.15, -0.1) is 0 Å². The van der Waals surface area contributed by atoms with Crippen LogP contribution in [0.2, 0.25) is 0 Å². The molecule has 0 aliphatic heterocycles. The Morgan fingerprint density at radius 1 is 1.50 bits per heavy atom. The van der Waals surface area contributed by atoms with Crippen molar-refractivity contribution in [3.63, 3.8) is 0 Å². The molecule has 0 aromatic carbocycles. The predicted molar refractivity (Wildman–Crippen MR) is 38.1 cm³/mol. The molecule has 0 heterocycles. The number of hydrogen-bond acceptors (Lipinski definition) is 2. The molecule has 0 saturated heterocycles. The predicted octanol–water partition coefficient (Wildman–Crippen LogP) is 1.18. The molecule has 0 amide bonds. The van der Waals surface area contributed by atoms with E-state index in [9.17, 15) is 0 Å². The summed E-state index contributed by atoms with van der Waals surface area (Å²) in [6, 6.07) is 0. The van der Waals surface area contributed by atoms with Gasteiger partial charge in [0, 0.05) is 11.9 Å². The van der Waals surface area contributed by atoms with E-state index < -0.39 is 0 Å². The molecule has 0 saturated carbocycles. The van der Waals surface area contributed by atoms with Crippen molar-refractivity contribution >= 4 is 0 Å². The maximum atomic E-state index is 5.21. The van der Waals surface area contributed by atoms with Gasteiger partial charge in [-0.2, -0.15) is 0 Å². The first-order valence-electron chi connectivity index (χ1n) is 2.97. The first-order valence-corrected chi connectivity index (χ1v) is 2.97. The summed E-state index contributed by atoms with van der Waals surface area (Å²) in [6.45, 7) is 5.96. The summed E-state index contributed by atoms with van der Waals surface area (Å²) in [5.41, 5.74) is 10.9. The third-order valence-electron chi connectivity index (χ3n) is 0.622. The Balaban J connectivity index is 0. The van der Waals surface area contributed by atoms with Gasteiger partial charge in [0.25, 0.3) is 0 Å². The molecule has 0 radical (unpaired) electrons. The Morgan fingerprint density at radius 2 is 1.88 bits per heavy atom. The van der Waals surface area contributed by atoms with Crippen LogP contribution in [0.15, 0.2) is 11.9 Å². The first-order chi connectivity index (χ1) is 3.81.